The Labute approximate surface area is 119 Å². The number of hydrogen-bond donors (Lipinski definition) is 2. The predicted molar refractivity (Wildman–Crippen MR) is 81.3 cm³/mol. The minimum Gasteiger partial charge on any atom is -0.481 e. The van der Waals surface area contributed by atoms with E-state index in [1.165, 1.54) is 64.2 Å². The molecule has 0 atom stereocenters. The number of hydrogen-bond acceptors (Lipinski definition) is 2. The van der Waals surface area contributed by atoms with Crippen LogP contribution < -0.4 is 5.73 Å². The molecule has 3 N–H and O–H groups in total. The van der Waals surface area contributed by atoms with Crippen molar-refractivity contribution in [1.82, 2.24) is 0 Å². The third kappa shape index (κ3) is 15.4. The van der Waals surface area contributed by atoms with Gasteiger partial charge in [0.05, 0.1) is 0 Å². The first-order valence-electron chi connectivity index (χ1n) is 8.14. The highest BCUT2D eigenvalue weighted by molar-refractivity contribution is 5.66. The third-order valence-electron chi connectivity index (χ3n) is 3.64. The molecule has 114 valence electrons. The van der Waals surface area contributed by atoms with Crippen LogP contribution in [0.1, 0.15) is 90.4 Å². The number of carbonyl (C=O) groups is 1. The maximum Gasteiger partial charge on any atom is 0.303 e. The number of aliphatic carboxylic acids is 1. The van der Waals surface area contributed by atoms with Crippen molar-refractivity contribution in [2.24, 2.45) is 5.73 Å². The fraction of sp³-hybridized carbons (Fsp3) is 0.938. The summed E-state index contributed by atoms with van der Waals surface area (Å²) >= 11 is 0. The van der Waals surface area contributed by atoms with Crippen LogP contribution in [-0.4, -0.2) is 17.1 Å². The van der Waals surface area contributed by atoms with E-state index in [1.807, 2.05) is 0 Å². The van der Waals surface area contributed by atoms with E-state index in [0.29, 0.717) is 12.5 Å². The van der Waals surface area contributed by atoms with E-state index in [0.717, 1.165) is 12.8 Å². The molecular formula is C16H33NO2. The Hall–Kier alpha value is -0.570. The highest BCUT2D eigenvalue weighted by Gasteiger charge is 2.06. The second kappa shape index (κ2) is 13.9. The smallest absolute Gasteiger partial charge is 0.303 e. The van der Waals surface area contributed by atoms with Gasteiger partial charge in [-0.05, 0) is 19.3 Å². The lowest BCUT2D eigenvalue weighted by Gasteiger charge is -2.15. The van der Waals surface area contributed by atoms with Crippen molar-refractivity contribution >= 4 is 5.97 Å². The van der Waals surface area contributed by atoms with Crippen LogP contribution in [0.5, 0.6) is 0 Å². The number of nitrogens with two attached hydrogens (primary N) is 1. The lowest BCUT2D eigenvalue weighted by Crippen LogP contribution is -2.22. The molecule has 3 nitrogen and oxygen atoms in total. The minimum absolute atomic E-state index is 0.341. The summed E-state index contributed by atoms with van der Waals surface area (Å²) < 4.78 is 0. The van der Waals surface area contributed by atoms with E-state index < -0.39 is 5.97 Å². The van der Waals surface area contributed by atoms with Crippen LogP contribution in [0.25, 0.3) is 0 Å². The van der Waals surface area contributed by atoms with Gasteiger partial charge in [-0.25, -0.2) is 0 Å². The van der Waals surface area contributed by atoms with Crippen molar-refractivity contribution < 1.29 is 9.90 Å². The van der Waals surface area contributed by atoms with E-state index in [9.17, 15) is 4.79 Å². The van der Waals surface area contributed by atoms with Gasteiger partial charge in [-0.2, -0.15) is 0 Å². The summed E-state index contributed by atoms with van der Waals surface area (Å²) in [6.45, 7) is 2.20. The molecule has 0 aromatic rings. The van der Waals surface area contributed by atoms with Crippen molar-refractivity contribution in [3.63, 3.8) is 0 Å². The molecule has 0 aliphatic heterocycles. The largest absolute Gasteiger partial charge is 0.481 e. The van der Waals surface area contributed by atoms with E-state index >= 15 is 0 Å². The zero-order chi connectivity index (χ0) is 14.3. The Bertz CT molecular complexity index is 201. The summed E-state index contributed by atoms with van der Waals surface area (Å²) in [5.74, 6) is -0.663. The quantitative estimate of drug-likeness (QED) is 0.639. The first-order chi connectivity index (χ1) is 9.16. The molecule has 19 heavy (non-hydrogen) atoms. The highest BCUT2D eigenvalue weighted by atomic mass is 16.4. The molecule has 0 spiro atoms. The minimum atomic E-state index is -0.663. The van der Waals surface area contributed by atoms with Crippen LogP contribution in [0, 0.1) is 0 Å². The monoisotopic (exact) mass is 271 g/mol. The fourth-order valence-corrected chi connectivity index (χ4v) is 2.37. The summed E-state index contributed by atoms with van der Waals surface area (Å²) in [4.78, 5) is 10.1. The molecule has 1 rings (SSSR count). The van der Waals surface area contributed by atoms with Crippen molar-refractivity contribution in [3.05, 3.63) is 0 Å². The Morgan fingerprint density at radius 2 is 1.53 bits per heavy atom. The lowest BCUT2D eigenvalue weighted by atomic mass is 9.97. The zero-order valence-electron chi connectivity index (χ0n) is 12.7. The molecule has 1 aliphatic rings. The van der Waals surface area contributed by atoms with Gasteiger partial charge in [0, 0.05) is 12.5 Å². The van der Waals surface area contributed by atoms with Gasteiger partial charge in [0.25, 0.3) is 0 Å². The summed E-state index contributed by atoms with van der Waals surface area (Å²) in [7, 11) is 0. The zero-order valence-corrected chi connectivity index (χ0v) is 12.7. The van der Waals surface area contributed by atoms with Crippen LogP contribution in [0.4, 0.5) is 0 Å². The summed E-state index contributed by atoms with van der Waals surface area (Å²) in [5, 5.41) is 8.35. The average molecular weight is 271 g/mol. The summed E-state index contributed by atoms with van der Waals surface area (Å²) in [6.07, 6.45) is 15.3. The Morgan fingerprint density at radius 3 is 1.95 bits per heavy atom. The molecule has 0 heterocycles. The van der Waals surface area contributed by atoms with Crippen molar-refractivity contribution in [1.29, 1.82) is 0 Å². The number of rotatable bonds is 8. The lowest BCUT2D eigenvalue weighted by molar-refractivity contribution is -0.137. The van der Waals surface area contributed by atoms with Crippen LogP contribution in [0.2, 0.25) is 0 Å². The molecule has 0 saturated heterocycles. The maximum atomic E-state index is 10.1. The molecule has 0 radical (unpaired) electrons. The van der Waals surface area contributed by atoms with Gasteiger partial charge in [-0.3, -0.25) is 4.79 Å². The van der Waals surface area contributed by atoms with Gasteiger partial charge in [0.1, 0.15) is 0 Å². The number of unbranched alkanes of at least 4 members (excludes halogenated alkanes) is 6. The molecule has 0 unspecified atom stereocenters. The molecule has 1 fully saturated rings. The van der Waals surface area contributed by atoms with E-state index in [2.05, 4.69) is 6.92 Å². The van der Waals surface area contributed by atoms with Crippen molar-refractivity contribution in [2.75, 3.05) is 0 Å². The van der Waals surface area contributed by atoms with Gasteiger partial charge < -0.3 is 10.8 Å². The van der Waals surface area contributed by atoms with Crippen molar-refractivity contribution in [3.8, 4) is 0 Å². The van der Waals surface area contributed by atoms with Crippen molar-refractivity contribution in [2.45, 2.75) is 96.4 Å². The topological polar surface area (TPSA) is 63.3 Å². The molecule has 0 bridgehead atoms. The second-order valence-corrected chi connectivity index (χ2v) is 5.66. The third-order valence-corrected chi connectivity index (χ3v) is 3.64. The van der Waals surface area contributed by atoms with E-state index in [4.69, 9.17) is 10.8 Å². The number of carboxylic acid groups (broad SMARTS) is 1. The first kappa shape index (κ1) is 18.4. The molecule has 0 amide bonds. The molecular weight excluding hydrogens is 238 g/mol. The van der Waals surface area contributed by atoms with Crippen LogP contribution in [-0.2, 0) is 4.79 Å². The van der Waals surface area contributed by atoms with Crippen LogP contribution in [0.3, 0.4) is 0 Å². The van der Waals surface area contributed by atoms with Crippen LogP contribution >= 0.6 is 0 Å². The summed E-state index contributed by atoms with van der Waals surface area (Å²) in [5.41, 5.74) is 5.63. The van der Waals surface area contributed by atoms with E-state index in [1.54, 1.807) is 0 Å². The Kier molecular flexibility index (Phi) is 13.4. The normalized spacial score (nSPS) is 15.7. The van der Waals surface area contributed by atoms with Gasteiger partial charge in [-0.1, -0.05) is 64.7 Å². The fourth-order valence-electron chi connectivity index (χ4n) is 2.37. The van der Waals surface area contributed by atoms with Gasteiger partial charge in [0.2, 0.25) is 0 Å². The predicted octanol–water partition coefficient (Wildman–Crippen LogP) is 4.49. The molecule has 3 heteroatoms. The first-order valence-corrected chi connectivity index (χ1v) is 8.14. The Morgan fingerprint density at radius 1 is 1.00 bits per heavy atom. The number of carboxylic acids is 1. The molecule has 0 aromatic heterocycles. The van der Waals surface area contributed by atoms with Gasteiger partial charge >= 0.3 is 5.97 Å². The maximum absolute atomic E-state index is 10.1. The second-order valence-electron chi connectivity index (χ2n) is 5.66. The summed E-state index contributed by atoms with van der Waals surface area (Å²) in [6, 6.07) is 0.536. The van der Waals surface area contributed by atoms with Crippen LogP contribution in [0.15, 0.2) is 0 Å². The molecule has 1 saturated carbocycles. The molecule has 0 aromatic carbocycles. The Balaban J connectivity index is 0.000000388. The SMILES string of the molecule is CCCCCCCCCC(=O)O.NC1CCCCC1. The average Bonchev–Trinajstić information content (AvgIpc) is 2.39. The standard InChI is InChI=1S/C10H20O2.C6H13N/c1-2-3-4-5-6-7-8-9-10(11)12;7-6-4-2-1-3-5-6/h2-9H2,1H3,(H,11,12);6H,1-5,7H2. The van der Waals surface area contributed by atoms with Gasteiger partial charge in [0.15, 0.2) is 0 Å². The van der Waals surface area contributed by atoms with Gasteiger partial charge in [-0.15, -0.1) is 0 Å². The van der Waals surface area contributed by atoms with E-state index in [-0.39, 0.29) is 0 Å². The molecule has 1 aliphatic carbocycles. The highest BCUT2D eigenvalue weighted by Crippen LogP contribution is 2.14.